The molecule has 4 amide bonds. The second-order valence-corrected chi connectivity index (χ2v) is 35.5. The van der Waals surface area contributed by atoms with Crippen LogP contribution in [0.1, 0.15) is 67.2 Å². The molecule has 0 aromatic heterocycles. The maximum Gasteiger partial charge on any atom is 0.332 e. The zero-order chi connectivity index (χ0) is 97.5. The fourth-order valence-electron chi connectivity index (χ4n) is 19.2. The Morgan fingerprint density at radius 2 is 0.789 bits per heavy atom. The molecule has 56 nitrogen and oxygen atoms in total. The van der Waals surface area contributed by atoms with Crippen molar-refractivity contribution in [1.29, 1.82) is 0 Å². The van der Waals surface area contributed by atoms with Gasteiger partial charge < -0.3 is 254 Å². The number of carbonyl (C=O) groups excluding carboxylic acids is 5. The Morgan fingerprint density at radius 3 is 1.27 bits per heavy atom. The number of carbonyl (C=O) groups is 5. The maximum atomic E-state index is 13.3. The van der Waals surface area contributed by atoms with Crippen LogP contribution in [0, 0.1) is 23.7 Å². The zero-order valence-electron chi connectivity index (χ0n) is 72.4. The molecule has 31 N–H and O–H groups in total. The lowest BCUT2D eigenvalue weighted by Crippen LogP contribution is -2.74. The molecule has 0 aromatic carbocycles. The predicted octanol–water partition coefficient (Wildman–Crippen LogP) is -19.3. The van der Waals surface area contributed by atoms with E-state index in [9.17, 15) is 162 Å². The van der Waals surface area contributed by atoms with Crippen molar-refractivity contribution in [2.45, 2.75) is 367 Å². The summed E-state index contributed by atoms with van der Waals surface area (Å²) in [6.45, 7) is -2.65. The van der Waals surface area contributed by atoms with E-state index >= 15 is 0 Å². The number of hydrogen-bond donors (Lipinski definition) is 31. The summed E-state index contributed by atoms with van der Waals surface area (Å²) in [6, 6.07) is -6.79. The first kappa shape index (κ1) is 107. The Bertz CT molecular complexity index is 3770. The first-order valence-electron chi connectivity index (χ1n) is 43.4. The van der Waals surface area contributed by atoms with Gasteiger partial charge in [-0.2, -0.15) is 0 Å². The van der Waals surface area contributed by atoms with Crippen LogP contribution in [0.15, 0.2) is 0 Å². The molecule has 56 heteroatoms. The summed E-state index contributed by atoms with van der Waals surface area (Å²) < 4.78 is 121. The number of ether oxygens (including phenoxy) is 20. The second-order valence-electron chi connectivity index (χ2n) is 35.5. The Hall–Kier alpha value is -4.49. The summed E-state index contributed by atoms with van der Waals surface area (Å²) in [5.74, 6) is -17.2. The molecule has 51 atom stereocenters. The van der Waals surface area contributed by atoms with Gasteiger partial charge in [0.15, 0.2) is 61.9 Å². The molecule has 12 fully saturated rings. The van der Waals surface area contributed by atoms with Crippen LogP contribution in [0.4, 0.5) is 0 Å². The molecule has 10 saturated heterocycles. The number of rotatable bonds is 36. The minimum atomic E-state index is -2.87. The van der Waals surface area contributed by atoms with E-state index < -0.39 is 432 Å². The average Bonchev–Trinajstić information content (AvgIpc) is 0.719. The van der Waals surface area contributed by atoms with Crippen molar-refractivity contribution >= 4 is 30.1 Å². The van der Waals surface area contributed by atoms with Crippen LogP contribution in [0.3, 0.4) is 0 Å². The molecule has 2 aliphatic carbocycles. The highest BCUT2D eigenvalue weighted by molar-refractivity contribution is 5.74. The lowest BCUT2D eigenvalue weighted by molar-refractivity contribution is -0.470. The molecule has 0 radical (unpaired) electrons. The Balaban J connectivity index is 0.825. The molecule has 12 aliphatic rings. The van der Waals surface area contributed by atoms with Gasteiger partial charge in [-0.3, -0.25) is 24.0 Å². The minimum absolute atomic E-state index is 0.231. The predicted molar refractivity (Wildman–Crippen MR) is 413 cm³/mol. The lowest BCUT2D eigenvalue weighted by atomic mass is 9.68. The van der Waals surface area contributed by atoms with Crippen molar-refractivity contribution in [1.82, 2.24) is 21.3 Å². The number of hydrogen-bond acceptors (Lipinski definition) is 52. The fourth-order valence-corrected chi connectivity index (χ4v) is 19.2. The van der Waals surface area contributed by atoms with Crippen LogP contribution < -0.4 is 21.3 Å². The van der Waals surface area contributed by atoms with Crippen molar-refractivity contribution in [2.75, 3.05) is 59.5 Å². The first-order chi connectivity index (χ1) is 62.7. The summed E-state index contributed by atoms with van der Waals surface area (Å²) >= 11 is 0. The largest absolute Gasteiger partial charge is 0.410 e. The van der Waals surface area contributed by atoms with Gasteiger partial charge in [0.25, 0.3) is 6.47 Å². The van der Waals surface area contributed by atoms with Gasteiger partial charge in [0.1, 0.15) is 183 Å². The lowest BCUT2D eigenvalue weighted by Gasteiger charge is -2.58. The van der Waals surface area contributed by atoms with Crippen LogP contribution in [-0.4, -0.2) is 527 Å². The molecule has 766 valence electrons. The molecular weight excluding hydrogens is 1810 g/mol. The number of nitrogens with one attached hydrogen (secondary N) is 4. The summed E-state index contributed by atoms with van der Waals surface area (Å²) in [5, 5.41) is 315. The molecular formula is C77H126N4O52. The summed E-state index contributed by atoms with van der Waals surface area (Å²) in [7, 11) is 0. The van der Waals surface area contributed by atoms with E-state index in [1.54, 1.807) is 0 Å². The molecule has 10 heterocycles. The zero-order valence-corrected chi connectivity index (χ0v) is 72.4. The van der Waals surface area contributed by atoms with Gasteiger partial charge in [0, 0.05) is 52.4 Å². The van der Waals surface area contributed by atoms with E-state index in [0.717, 1.165) is 27.7 Å². The van der Waals surface area contributed by atoms with Crippen molar-refractivity contribution in [3.05, 3.63) is 0 Å². The maximum absolute atomic E-state index is 13.3. The summed E-state index contributed by atoms with van der Waals surface area (Å²) in [6.07, 6.45) is -85.1. The van der Waals surface area contributed by atoms with Crippen molar-refractivity contribution in [3.8, 4) is 0 Å². The van der Waals surface area contributed by atoms with Gasteiger partial charge >= 0.3 is 5.97 Å². The Morgan fingerprint density at radius 1 is 0.391 bits per heavy atom. The van der Waals surface area contributed by atoms with Gasteiger partial charge in [-0.25, -0.2) is 0 Å². The third kappa shape index (κ3) is 22.7. The smallest absolute Gasteiger partial charge is 0.332 e. The van der Waals surface area contributed by atoms with Crippen LogP contribution in [-0.2, 0) is 119 Å². The fraction of sp³-hybridized carbons (Fsp3) is 0.935. The van der Waals surface area contributed by atoms with E-state index in [1.165, 1.54) is 13.8 Å². The van der Waals surface area contributed by atoms with Crippen LogP contribution in [0.25, 0.3) is 0 Å². The highest BCUT2D eigenvalue weighted by atomic mass is 16.9. The molecule has 2 saturated carbocycles. The molecule has 12 rings (SSSR count). The number of aliphatic hydroxyl groups excluding tert-OH is 23. The molecule has 10 aliphatic heterocycles. The highest BCUT2D eigenvalue weighted by Gasteiger charge is 2.69. The molecule has 20 unspecified atom stereocenters. The minimum Gasteiger partial charge on any atom is -0.410 e. The topological polar surface area (TPSA) is 864 Å². The monoisotopic (exact) mass is 1940 g/mol. The van der Waals surface area contributed by atoms with E-state index in [4.69, 9.17) is 94.7 Å². The number of amides is 4. The van der Waals surface area contributed by atoms with Gasteiger partial charge in [-0.15, -0.1) is 0 Å². The van der Waals surface area contributed by atoms with E-state index in [0.29, 0.717) is 0 Å². The van der Waals surface area contributed by atoms with Crippen molar-refractivity contribution in [3.63, 3.8) is 0 Å². The van der Waals surface area contributed by atoms with Gasteiger partial charge in [0.2, 0.25) is 23.6 Å². The molecule has 0 aromatic rings. The van der Waals surface area contributed by atoms with E-state index in [1.807, 2.05) is 0 Å². The third-order valence-electron chi connectivity index (χ3n) is 26.4. The second kappa shape index (κ2) is 44.8. The molecule has 0 spiro atoms. The van der Waals surface area contributed by atoms with Crippen LogP contribution in [0.2, 0.25) is 0 Å². The first-order valence-corrected chi connectivity index (χ1v) is 43.4. The van der Waals surface area contributed by atoms with Crippen molar-refractivity contribution < 1.29 is 257 Å². The number of fused-ring (bicyclic) bond motifs is 2. The average molecular weight is 1940 g/mol. The third-order valence-corrected chi connectivity index (χ3v) is 26.4. The van der Waals surface area contributed by atoms with E-state index in [2.05, 4.69) is 21.3 Å². The SMILES string of the molecule is CC(=O)NC1C(O)[C@H](O[C@@H]2OC3CC(O)(O)[C@@H]3[C@H](O)C2O)[C@H](CO)O[C@H]1OCCC1[C@@H](OCC2O[C@@H](O[C@@H]3C(CO)O[C@@H](O[C@@H]4C(CO)O[C@@H](C)C(NC(C)=O)[C@H]4O)C(NC(C)=O)[C@H]3O)C(O)[C@@H](O[C@H]3OC(CO)[C@@H](O)C(O)C3O[C@@H]3OC(CO)[C@@H](O[C@@H]4OC5CC(O)(O)[C@@H]5[C@H](O[C@]5(OC=O)C[C@@H](O)[C@@H](C)C([C@H](O)[C@H](O)CO)O5)C4O)[C@H](O)C3NC(C)=O)[C@@H]2O)OC(CO)[C@@H](O)[C@@H]1O. The molecule has 133 heavy (non-hydrogen) atoms. The molecule has 0 bridgehead atoms. The van der Waals surface area contributed by atoms with E-state index in [-0.39, 0.29) is 6.47 Å². The van der Waals surface area contributed by atoms with Crippen LogP contribution >= 0.6 is 0 Å². The summed E-state index contributed by atoms with van der Waals surface area (Å²) in [4.78, 5) is 63.8. The van der Waals surface area contributed by atoms with Crippen LogP contribution in [0.5, 0.6) is 0 Å². The Kier molecular flexibility index (Phi) is 36.1. The Labute approximate surface area is 755 Å². The standard InChI is InChI=1S/C77H126N4O52/c1-21-28(94)9-77(116-20-89,132-59(21)46(97)29(95)12-82)133-64-40-31(11-76(40,112)113)119-72(57(64)108)128-62-37(18-88)124-70(44(54(62)105)81-26(6)93)131-66-55(106)48(99)33(14-84)121-74(66)130-65-49(100)38(125-73(58(65)109)129-63-36(17-87)123-69(43(53(63)104)80-25(5)92)126-60-34(15-85)117-22(2)41(51(60)102)78-23(3)90)19-115-67-27(45(96)47(98)32(13-83)120-67)7-8-114-68-42(79-24(4)91)52(103)61(35(16-86)122-68)127-71-56(107)50(101)39-30(118-71)10-75(39,110)111/h20-22,27-74,82-88,94-113H,7-19H2,1-6H3,(H,78,90)(H,79,91)(H,80,92)(H,81,93)/t21-,22+,27?,28-,29-,30?,31?,32?,33?,34?,35+,36?,37?,38?,39+,40+,41?,42?,43?,44?,45-,46-,47-,48-,49-,50+,51-,52?,53-,54-,55?,56?,57?,58?,59?,60-,61-,62-,63-,64+,65+,66?,67+,68-,69+,70+,71+,72+,73+,74-,77+/m1/s1. The highest BCUT2D eigenvalue weighted by Crippen LogP contribution is 2.52. The quantitative estimate of drug-likeness (QED) is 0.0205. The number of aliphatic hydroxyl groups is 27. The van der Waals surface area contributed by atoms with Gasteiger partial charge in [-0.05, 0) is 13.3 Å². The van der Waals surface area contributed by atoms with Crippen molar-refractivity contribution in [2.24, 2.45) is 23.7 Å². The van der Waals surface area contributed by atoms with Gasteiger partial charge in [-0.1, -0.05) is 6.92 Å². The normalized spacial score (nSPS) is 48.5. The summed E-state index contributed by atoms with van der Waals surface area (Å²) in [5.41, 5.74) is 0. The van der Waals surface area contributed by atoms with Gasteiger partial charge in [0.05, 0.1) is 126 Å².